The second-order valence-electron chi connectivity index (χ2n) is 5.92. The average Bonchev–Trinajstić information content (AvgIpc) is 3.08. The van der Waals surface area contributed by atoms with Crippen LogP contribution in [0.5, 0.6) is 5.75 Å². The molecule has 3 rings (SSSR count). The molecule has 1 N–H and O–H groups in total. The van der Waals surface area contributed by atoms with Crippen LogP contribution in [0.1, 0.15) is 24.1 Å². The van der Waals surface area contributed by atoms with Gasteiger partial charge in [-0.2, -0.15) is 5.10 Å². The highest BCUT2D eigenvalue weighted by Crippen LogP contribution is 2.23. The van der Waals surface area contributed by atoms with Gasteiger partial charge in [-0.25, -0.2) is 9.67 Å². The standard InChI is InChI=1S/C20H22N4O2/c1-15(25)21-14-20-22-19(13-12-16-8-4-3-5-9-16)23-24(20)17-10-6-7-11-18(17)26-2/h3-11H,12-14H2,1-2H3,(H,21,25). The van der Waals surface area contributed by atoms with Gasteiger partial charge in [-0.3, -0.25) is 4.79 Å². The lowest BCUT2D eigenvalue weighted by molar-refractivity contribution is -0.119. The summed E-state index contributed by atoms with van der Waals surface area (Å²) < 4.78 is 7.19. The minimum absolute atomic E-state index is 0.106. The van der Waals surface area contributed by atoms with E-state index in [9.17, 15) is 4.79 Å². The maximum absolute atomic E-state index is 11.3. The molecular formula is C20H22N4O2. The molecule has 0 aliphatic heterocycles. The molecule has 1 heterocycles. The van der Waals surface area contributed by atoms with E-state index in [0.29, 0.717) is 18.1 Å². The van der Waals surface area contributed by atoms with Crippen molar-refractivity contribution in [3.05, 3.63) is 71.8 Å². The van der Waals surface area contributed by atoms with Crippen molar-refractivity contribution < 1.29 is 9.53 Å². The Labute approximate surface area is 152 Å². The van der Waals surface area contributed by atoms with Crippen LogP contribution in [0.3, 0.4) is 0 Å². The van der Waals surface area contributed by atoms with E-state index < -0.39 is 0 Å². The zero-order valence-electron chi connectivity index (χ0n) is 15.0. The first-order valence-corrected chi connectivity index (χ1v) is 8.54. The van der Waals surface area contributed by atoms with E-state index in [-0.39, 0.29) is 5.91 Å². The summed E-state index contributed by atoms with van der Waals surface area (Å²) >= 11 is 0. The van der Waals surface area contributed by atoms with Crippen LogP contribution in [-0.4, -0.2) is 27.8 Å². The van der Waals surface area contributed by atoms with Gasteiger partial charge in [-0.05, 0) is 24.1 Å². The maximum Gasteiger partial charge on any atom is 0.217 e. The molecule has 0 aliphatic carbocycles. The number of hydrogen-bond acceptors (Lipinski definition) is 4. The van der Waals surface area contributed by atoms with Gasteiger partial charge < -0.3 is 10.1 Å². The topological polar surface area (TPSA) is 69.0 Å². The van der Waals surface area contributed by atoms with Crippen LogP contribution < -0.4 is 10.1 Å². The highest BCUT2D eigenvalue weighted by Gasteiger charge is 2.15. The number of rotatable bonds is 7. The van der Waals surface area contributed by atoms with Gasteiger partial charge in [-0.1, -0.05) is 42.5 Å². The summed E-state index contributed by atoms with van der Waals surface area (Å²) in [4.78, 5) is 15.9. The molecule has 0 saturated carbocycles. The maximum atomic E-state index is 11.3. The van der Waals surface area contributed by atoms with Crippen molar-refractivity contribution in [1.29, 1.82) is 0 Å². The lowest BCUT2D eigenvalue weighted by atomic mass is 10.1. The second kappa shape index (κ2) is 8.29. The largest absolute Gasteiger partial charge is 0.494 e. The summed E-state index contributed by atoms with van der Waals surface area (Å²) in [5, 5.41) is 7.45. The van der Waals surface area contributed by atoms with Crippen molar-refractivity contribution in [2.45, 2.75) is 26.3 Å². The molecule has 1 aromatic heterocycles. The Kier molecular flexibility index (Phi) is 5.63. The molecule has 3 aromatic rings. The van der Waals surface area contributed by atoms with Gasteiger partial charge in [0.25, 0.3) is 0 Å². The first-order chi connectivity index (χ1) is 12.7. The smallest absolute Gasteiger partial charge is 0.217 e. The highest BCUT2D eigenvalue weighted by molar-refractivity contribution is 5.72. The number of aryl methyl sites for hydroxylation is 2. The van der Waals surface area contributed by atoms with E-state index in [2.05, 4.69) is 27.5 Å². The zero-order chi connectivity index (χ0) is 18.4. The molecule has 6 heteroatoms. The summed E-state index contributed by atoms with van der Waals surface area (Å²) in [6.45, 7) is 1.80. The quantitative estimate of drug-likeness (QED) is 0.711. The van der Waals surface area contributed by atoms with Crippen LogP contribution in [-0.2, 0) is 24.2 Å². The average molecular weight is 350 g/mol. The summed E-state index contributed by atoms with van der Waals surface area (Å²) in [5.74, 6) is 2.01. The number of hydrogen-bond donors (Lipinski definition) is 1. The lowest BCUT2D eigenvalue weighted by Gasteiger charge is -2.10. The van der Waals surface area contributed by atoms with Crippen molar-refractivity contribution in [2.75, 3.05) is 7.11 Å². The Morgan fingerprint density at radius 2 is 1.81 bits per heavy atom. The monoisotopic (exact) mass is 350 g/mol. The summed E-state index contributed by atoms with van der Waals surface area (Å²) in [6.07, 6.45) is 1.58. The predicted octanol–water partition coefficient (Wildman–Crippen LogP) is 2.70. The van der Waals surface area contributed by atoms with Gasteiger partial charge in [0.2, 0.25) is 5.91 Å². The van der Waals surface area contributed by atoms with Crippen LogP contribution in [0.15, 0.2) is 54.6 Å². The third-order valence-corrected chi connectivity index (χ3v) is 4.01. The number of amides is 1. The van der Waals surface area contributed by atoms with Crippen LogP contribution in [0.2, 0.25) is 0 Å². The number of ether oxygens (including phenoxy) is 1. The molecule has 0 aliphatic rings. The summed E-state index contributed by atoms with van der Waals surface area (Å²) in [7, 11) is 1.62. The van der Waals surface area contributed by atoms with Crippen molar-refractivity contribution in [3.8, 4) is 11.4 Å². The lowest BCUT2D eigenvalue weighted by Crippen LogP contribution is -2.21. The van der Waals surface area contributed by atoms with E-state index in [1.165, 1.54) is 12.5 Å². The third-order valence-electron chi connectivity index (χ3n) is 4.01. The molecule has 134 valence electrons. The second-order valence-corrected chi connectivity index (χ2v) is 5.92. The minimum Gasteiger partial charge on any atom is -0.494 e. The van der Waals surface area contributed by atoms with Gasteiger partial charge in [-0.15, -0.1) is 0 Å². The molecule has 1 amide bonds. The highest BCUT2D eigenvalue weighted by atomic mass is 16.5. The number of aromatic nitrogens is 3. The fourth-order valence-electron chi connectivity index (χ4n) is 2.71. The van der Waals surface area contributed by atoms with Gasteiger partial charge >= 0.3 is 0 Å². The van der Waals surface area contributed by atoms with Gasteiger partial charge in [0.15, 0.2) is 11.6 Å². The number of para-hydroxylation sites is 2. The van der Waals surface area contributed by atoms with Crippen LogP contribution >= 0.6 is 0 Å². The molecule has 0 atom stereocenters. The number of carbonyl (C=O) groups excluding carboxylic acids is 1. The number of benzene rings is 2. The van der Waals surface area contributed by atoms with Crippen molar-refractivity contribution in [1.82, 2.24) is 20.1 Å². The molecular weight excluding hydrogens is 328 g/mol. The zero-order valence-corrected chi connectivity index (χ0v) is 15.0. The third kappa shape index (κ3) is 4.27. The van der Waals surface area contributed by atoms with E-state index in [1.54, 1.807) is 11.8 Å². The predicted molar refractivity (Wildman–Crippen MR) is 99.3 cm³/mol. The van der Waals surface area contributed by atoms with E-state index in [1.807, 2.05) is 42.5 Å². The number of carbonyl (C=O) groups is 1. The molecule has 0 spiro atoms. The van der Waals surface area contributed by atoms with Gasteiger partial charge in [0.1, 0.15) is 11.4 Å². The number of nitrogens with zero attached hydrogens (tertiary/aromatic N) is 3. The van der Waals surface area contributed by atoms with Crippen LogP contribution in [0.4, 0.5) is 0 Å². The molecule has 2 aromatic carbocycles. The Bertz CT molecular complexity index is 875. The molecule has 0 bridgehead atoms. The fourth-order valence-corrected chi connectivity index (χ4v) is 2.71. The molecule has 0 unspecified atom stereocenters. The van der Waals surface area contributed by atoms with E-state index >= 15 is 0 Å². The Hall–Kier alpha value is -3.15. The van der Waals surface area contributed by atoms with Crippen molar-refractivity contribution >= 4 is 5.91 Å². The Morgan fingerprint density at radius 1 is 1.08 bits per heavy atom. The molecule has 0 fully saturated rings. The Balaban J connectivity index is 1.88. The van der Waals surface area contributed by atoms with Crippen LogP contribution in [0, 0.1) is 0 Å². The van der Waals surface area contributed by atoms with Crippen molar-refractivity contribution in [2.24, 2.45) is 0 Å². The van der Waals surface area contributed by atoms with Gasteiger partial charge in [0.05, 0.1) is 13.7 Å². The summed E-state index contributed by atoms with van der Waals surface area (Å²) in [6, 6.07) is 17.9. The van der Waals surface area contributed by atoms with Gasteiger partial charge in [0, 0.05) is 13.3 Å². The fraction of sp³-hybridized carbons (Fsp3) is 0.250. The van der Waals surface area contributed by atoms with Crippen molar-refractivity contribution in [3.63, 3.8) is 0 Å². The minimum atomic E-state index is -0.106. The first kappa shape index (κ1) is 17.7. The normalized spacial score (nSPS) is 10.5. The molecule has 0 radical (unpaired) electrons. The SMILES string of the molecule is COc1ccccc1-n1nc(CCc2ccccc2)nc1CNC(C)=O. The Morgan fingerprint density at radius 3 is 2.54 bits per heavy atom. The molecule has 0 saturated heterocycles. The first-order valence-electron chi connectivity index (χ1n) is 8.54. The molecule has 26 heavy (non-hydrogen) atoms. The molecule has 6 nitrogen and oxygen atoms in total. The summed E-state index contributed by atoms with van der Waals surface area (Å²) in [5.41, 5.74) is 2.04. The van der Waals surface area contributed by atoms with E-state index in [4.69, 9.17) is 4.74 Å². The van der Waals surface area contributed by atoms with Crippen LogP contribution in [0.25, 0.3) is 5.69 Å². The van der Waals surface area contributed by atoms with E-state index in [0.717, 1.165) is 24.4 Å². The number of methoxy groups -OCH3 is 1. The number of nitrogens with one attached hydrogen (secondary N) is 1.